The molecule has 0 spiro atoms. The first-order valence-electron chi connectivity index (χ1n) is 5.26. The first-order valence-corrected chi connectivity index (χ1v) is 6.08. The molecule has 3 rings (SSSR count). The van der Waals surface area contributed by atoms with Crippen molar-refractivity contribution in [2.45, 2.75) is 25.4 Å². The van der Waals surface area contributed by atoms with Crippen LogP contribution in [0.15, 0.2) is 24.3 Å². The number of hydrogen-bond donors (Lipinski definition) is 2. The fourth-order valence-corrected chi connectivity index (χ4v) is 2.70. The molecule has 78 valence electrons. The van der Waals surface area contributed by atoms with Gasteiger partial charge >= 0.3 is 0 Å². The molecule has 0 unspecified atom stereocenters. The molecule has 1 aliphatic rings. The Morgan fingerprint density at radius 1 is 1.33 bits per heavy atom. The molecule has 0 radical (unpaired) electrons. The molecular formula is C12H13NOS. The van der Waals surface area contributed by atoms with Crippen molar-refractivity contribution in [2.75, 3.05) is 0 Å². The van der Waals surface area contributed by atoms with E-state index in [0.29, 0.717) is 5.75 Å². The highest BCUT2D eigenvalue weighted by Gasteiger charge is 2.20. The molecule has 0 bridgehead atoms. The number of phenolic OH excluding ortho intramolecular Hbond substituents is 1. The fraction of sp³-hybridized carbons (Fsp3) is 0.333. The van der Waals surface area contributed by atoms with Crippen LogP contribution in [0.1, 0.15) is 17.7 Å². The normalized spacial score (nSPS) is 16.0. The molecule has 1 aromatic heterocycles. The van der Waals surface area contributed by atoms with Gasteiger partial charge in [0.15, 0.2) is 0 Å². The molecular weight excluding hydrogens is 206 g/mol. The minimum absolute atomic E-state index is 0.349. The van der Waals surface area contributed by atoms with Crippen molar-refractivity contribution in [1.29, 1.82) is 0 Å². The van der Waals surface area contributed by atoms with E-state index in [1.165, 1.54) is 22.4 Å². The summed E-state index contributed by atoms with van der Waals surface area (Å²) in [5.41, 5.74) is 0. The van der Waals surface area contributed by atoms with E-state index in [4.69, 9.17) is 0 Å². The van der Waals surface area contributed by atoms with Crippen LogP contribution in [0, 0.1) is 0 Å². The number of nitrogens with one attached hydrogen (secondary N) is 1. The second-order valence-corrected chi connectivity index (χ2v) is 5.26. The summed E-state index contributed by atoms with van der Waals surface area (Å²) < 4.78 is 1.25. The predicted octanol–water partition coefficient (Wildman–Crippen LogP) is 2.86. The summed E-state index contributed by atoms with van der Waals surface area (Å²) in [5, 5.41) is 14.0. The van der Waals surface area contributed by atoms with Gasteiger partial charge in [0.2, 0.25) is 0 Å². The lowest BCUT2D eigenvalue weighted by molar-refractivity contribution is 0.476. The molecule has 3 heteroatoms. The number of hydrogen-bond acceptors (Lipinski definition) is 3. The van der Waals surface area contributed by atoms with E-state index in [0.717, 1.165) is 18.0 Å². The minimum Gasteiger partial charge on any atom is -0.508 e. The van der Waals surface area contributed by atoms with Crippen molar-refractivity contribution in [2.24, 2.45) is 0 Å². The molecule has 2 nitrogen and oxygen atoms in total. The Balaban J connectivity index is 1.84. The molecule has 0 atom stereocenters. The third-order valence-corrected chi connectivity index (χ3v) is 3.81. The van der Waals surface area contributed by atoms with Gasteiger partial charge in [-0.05, 0) is 42.5 Å². The SMILES string of the molecule is Oc1ccc2sc(CNC3CC3)cc2c1. The van der Waals surface area contributed by atoms with E-state index in [2.05, 4.69) is 11.4 Å². The zero-order valence-electron chi connectivity index (χ0n) is 8.36. The Hall–Kier alpha value is -1.06. The van der Waals surface area contributed by atoms with Crippen LogP contribution in [0.3, 0.4) is 0 Å². The lowest BCUT2D eigenvalue weighted by atomic mass is 10.2. The lowest BCUT2D eigenvalue weighted by Gasteiger charge is -1.97. The lowest BCUT2D eigenvalue weighted by Crippen LogP contribution is -2.14. The van der Waals surface area contributed by atoms with Gasteiger partial charge in [0.05, 0.1) is 0 Å². The van der Waals surface area contributed by atoms with Gasteiger partial charge in [-0.3, -0.25) is 0 Å². The maximum atomic E-state index is 9.36. The molecule has 0 amide bonds. The smallest absolute Gasteiger partial charge is 0.116 e. The standard InChI is InChI=1S/C12H13NOS/c14-10-3-4-12-8(5-10)6-11(15-12)7-13-9-1-2-9/h3-6,9,13-14H,1-2,7H2. The van der Waals surface area contributed by atoms with E-state index in [1.54, 1.807) is 17.4 Å². The Morgan fingerprint density at radius 2 is 2.20 bits per heavy atom. The van der Waals surface area contributed by atoms with Crippen LogP contribution in [-0.2, 0) is 6.54 Å². The van der Waals surface area contributed by atoms with Gasteiger partial charge in [0.25, 0.3) is 0 Å². The predicted molar refractivity (Wildman–Crippen MR) is 63.4 cm³/mol. The third-order valence-electron chi connectivity index (χ3n) is 2.69. The van der Waals surface area contributed by atoms with Gasteiger partial charge in [-0.1, -0.05) is 0 Å². The summed E-state index contributed by atoms with van der Waals surface area (Å²) in [7, 11) is 0. The highest BCUT2D eigenvalue weighted by atomic mass is 32.1. The molecule has 1 heterocycles. The van der Waals surface area contributed by atoms with Crippen LogP contribution in [0.4, 0.5) is 0 Å². The molecule has 0 aliphatic heterocycles. The number of phenols is 1. The second-order valence-electron chi connectivity index (χ2n) is 4.09. The minimum atomic E-state index is 0.349. The first kappa shape index (κ1) is 9.19. The third kappa shape index (κ3) is 1.98. The maximum Gasteiger partial charge on any atom is 0.116 e. The highest BCUT2D eigenvalue weighted by molar-refractivity contribution is 7.19. The maximum absolute atomic E-state index is 9.36. The van der Waals surface area contributed by atoms with E-state index in [-0.39, 0.29) is 0 Å². The van der Waals surface area contributed by atoms with E-state index < -0.39 is 0 Å². The Morgan fingerprint density at radius 3 is 3.00 bits per heavy atom. The largest absolute Gasteiger partial charge is 0.508 e. The van der Waals surface area contributed by atoms with Crippen molar-refractivity contribution < 1.29 is 5.11 Å². The molecule has 1 saturated carbocycles. The summed E-state index contributed by atoms with van der Waals surface area (Å²) in [4.78, 5) is 1.35. The van der Waals surface area contributed by atoms with Crippen molar-refractivity contribution in [3.63, 3.8) is 0 Å². The van der Waals surface area contributed by atoms with Crippen LogP contribution >= 0.6 is 11.3 Å². The van der Waals surface area contributed by atoms with Crippen molar-refractivity contribution in [1.82, 2.24) is 5.32 Å². The number of fused-ring (bicyclic) bond motifs is 1. The summed E-state index contributed by atoms with van der Waals surface area (Å²) in [6, 6.07) is 8.47. The van der Waals surface area contributed by atoms with Crippen molar-refractivity contribution in [3.8, 4) is 5.75 Å². The number of aromatic hydroxyl groups is 1. The molecule has 1 aromatic carbocycles. The number of thiophene rings is 1. The molecule has 0 saturated heterocycles. The fourth-order valence-electron chi connectivity index (χ4n) is 1.71. The quantitative estimate of drug-likeness (QED) is 0.832. The van der Waals surface area contributed by atoms with Gasteiger partial charge in [0, 0.05) is 22.2 Å². The topological polar surface area (TPSA) is 32.3 Å². The Labute approximate surface area is 92.6 Å². The van der Waals surface area contributed by atoms with Gasteiger partial charge < -0.3 is 10.4 Å². The highest BCUT2D eigenvalue weighted by Crippen LogP contribution is 2.29. The van der Waals surface area contributed by atoms with Gasteiger partial charge in [0.1, 0.15) is 5.75 Å². The number of benzene rings is 1. The zero-order valence-corrected chi connectivity index (χ0v) is 9.18. The van der Waals surface area contributed by atoms with Gasteiger partial charge in [-0.25, -0.2) is 0 Å². The summed E-state index contributed by atoms with van der Waals surface area (Å²) in [5.74, 6) is 0.349. The summed E-state index contributed by atoms with van der Waals surface area (Å²) in [6.45, 7) is 0.963. The molecule has 1 aliphatic carbocycles. The summed E-state index contributed by atoms with van der Waals surface area (Å²) >= 11 is 1.80. The summed E-state index contributed by atoms with van der Waals surface area (Å²) in [6.07, 6.45) is 2.65. The van der Waals surface area contributed by atoms with Crippen molar-refractivity contribution >= 4 is 21.4 Å². The average molecular weight is 219 g/mol. The van der Waals surface area contributed by atoms with Crippen LogP contribution in [0.25, 0.3) is 10.1 Å². The zero-order chi connectivity index (χ0) is 10.3. The van der Waals surface area contributed by atoms with E-state index in [9.17, 15) is 5.11 Å². The molecule has 15 heavy (non-hydrogen) atoms. The van der Waals surface area contributed by atoms with Crippen LogP contribution in [0.5, 0.6) is 5.75 Å². The molecule has 2 N–H and O–H groups in total. The average Bonchev–Trinajstić information content (AvgIpc) is 2.95. The number of rotatable bonds is 3. The molecule has 2 aromatic rings. The Bertz CT molecular complexity index is 487. The van der Waals surface area contributed by atoms with Gasteiger partial charge in [-0.15, -0.1) is 11.3 Å². The monoisotopic (exact) mass is 219 g/mol. The van der Waals surface area contributed by atoms with Gasteiger partial charge in [-0.2, -0.15) is 0 Å². The second kappa shape index (κ2) is 3.51. The van der Waals surface area contributed by atoms with E-state index >= 15 is 0 Å². The molecule has 1 fully saturated rings. The Kier molecular flexibility index (Phi) is 2.15. The van der Waals surface area contributed by atoms with Crippen molar-refractivity contribution in [3.05, 3.63) is 29.1 Å². The van der Waals surface area contributed by atoms with Crippen LogP contribution < -0.4 is 5.32 Å². The first-order chi connectivity index (χ1) is 7.31. The van der Waals surface area contributed by atoms with Crippen LogP contribution in [-0.4, -0.2) is 11.1 Å². The van der Waals surface area contributed by atoms with Crippen LogP contribution in [0.2, 0.25) is 0 Å². The van der Waals surface area contributed by atoms with E-state index in [1.807, 2.05) is 12.1 Å².